The zero-order valence-electron chi connectivity index (χ0n) is 22.6. The number of nitrogens with zero attached hydrogens (tertiary/aromatic N) is 1. The number of ether oxygens (including phenoxy) is 1. The average Bonchev–Trinajstić information content (AvgIpc) is 2.86. The SMILES string of the molecule is CC(C)NC(=O)[C@H](Cc1ccccc1)N(Cc1ccc(Cl)c(Cl)c1)C(=O)COc1ccc(C(C)(C)C)cc1. The maximum absolute atomic E-state index is 13.7. The Morgan fingerprint density at radius 1 is 0.895 bits per heavy atom. The maximum Gasteiger partial charge on any atom is 0.261 e. The molecule has 3 aromatic rings. The molecule has 0 radical (unpaired) electrons. The first-order chi connectivity index (χ1) is 17.9. The maximum atomic E-state index is 13.7. The van der Waals surface area contributed by atoms with E-state index in [-0.39, 0.29) is 36.4 Å². The number of halogens is 2. The molecular formula is C31H36Cl2N2O3. The van der Waals surface area contributed by atoms with Crippen LogP contribution in [0.15, 0.2) is 72.8 Å². The molecule has 3 aromatic carbocycles. The standard InChI is InChI=1S/C31H36Cl2N2O3/c1-21(2)34-30(37)28(18-22-9-7-6-8-10-22)35(19-23-11-16-26(32)27(33)17-23)29(36)20-38-25-14-12-24(13-15-25)31(3,4)5/h6-17,21,28H,18-20H2,1-5H3,(H,34,37)/t28-/m0/s1. The lowest BCUT2D eigenvalue weighted by molar-refractivity contribution is -0.143. The monoisotopic (exact) mass is 554 g/mol. The van der Waals surface area contributed by atoms with Gasteiger partial charge in [-0.1, -0.05) is 92.5 Å². The van der Waals surface area contributed by atoms with Crippen molar-refractivity contribution in [2.75, 3.05) is 6.61 Å². The van der Waals surface area contributed by atoms with Crippen molar-refractivity contribution >= 4 is 35.0 Å². The molecule has 0 saturated carbocycles. The Morgan fingerprint density at radius 2 is 1.55 bits per heavy atom. The molecule has 38 heavy (non-hydrogen) atoms. The molecule has 5 nitrogen and oxygen atoms in total. The Labute approximate surface area is 236 Å². The second kappa shape index (κ2) is 13.2. The van der Waals surface area contributed by atoms with Crippen LogP contribution in [0.3, 0.4) is 0 Å². The molecule has 0 aliphatic heterocycles. The van der Waals surface area contributed by atoms with Gasteiger partial charge in [0.05, 0.1) is 10.0 Å². The Bertz CT molecular complexity index is 1220. The average molecular weight is 556 g/mol. The Balaban J connectivity index is 1.90. The number of nitrogens with one attached hydrogen (secondary N) is 1. The van der Waals surface area contributed by atoms with E-state index < -0.39 is 6.04 Å². The second-order valence-electron chi connectivity index (χ2n) is 10.7. The first-order valence-corrected chi connectivity index (χ1v) is 13.5. The molecular weight excluding hydrogens is 519 g/mol. The fourth-order valence-corrected chi connectivity index (χ4v) is 4.37. The van der Waals surface area contributed by atoms with Crippen LogP contribution in [0.2, 0.25) is 10.0 Å². The topological polar surface area (TPSA) is 58.6 Å². The molecule has 7 heteroatoms. The number of carbonyl (C=O) groups excluding carboxylic acids is 2. The van der Waals surface area contributed by atoms with E-state index >= 15 is 0 Å². The highest BCUT2D eigenvalue weighted by atomic mass is 35.5. The van der Waals surface area contributed by atoms with Gasteiger partial charge in [-0.3, -0.25) is 9.59 Å². The van der Waals surface area contributed by atoms with Crippen molar-refractivity contribution in [2.24, 2.45) is 0 Å². The van der Waals surface area contributed by atoms with E-state index in [0.29, 0.717) is 22.2 Å². The molecule has 0 unspecified atom stereocenters. The van der Waals surface area contributed by atoms with Crippen LogP contribution in [0, 0.1) is 0 Å². The Morgan fingerprint density at radius 3 is 2.13 bits per heavy atom. The fraction of sp³-hybridized carbons (Fsp3) is 0.355. The van der Waals surface area contributed by atoms with Crippen LogP contribution in [0.25, 0.3) is 0 Å². The van der Waals surface area contributed by atoms with Gasteiger partial charge in [-0.15, -0.1) is 0 Å². The third-order valence-corrected chi connectivity index (χ3v) is 6.86. The zero-order valence-corrected chi connectivity index (χ0v) is 24.1. The smallest absolute Gasteiger partial charge is 0.261 e. The van der Waals surface area contributed by atoms with Crippen LogP contribution in [0.1, 0.15) is 51.3 Å². The molecule has 202 valence electrons. The van der Waals surface area contributed by atoms with Gasteiger partial charge < -0.3 is 15.0 Å². The van der Waals surface area contributed by atoms with Crippen molar-refractivity contribution in [1.82, 2.24) is 10.2 Å². The van der Waals surface area contributed by atoms with Crippen LogP contribution in [0.5, 0.6) is 5.75 Å². The predicted octanol–water partition coefficient (Wildman–Crippen LogP) is 6.83. The minimum atomic E-state index is -0.756. The third-order valence-electron chi connectivity index (χ3n) is 6.12. The summed E-state index contributed by atoms with van der Waals surface area (Å²) < 4.78 is 5.89. The summed E-state index contributed by atoms with van der Waals surface area (Å²) >= 11 is 12.4. The van der Waals surface area contributed by atoms with Crippen molar-refractivity contribution in [3.63, 3.8) is 0 Å². The van der Waals surface area contributed by atoms with Crippen LogP contribution < -0.4 is 10.1 Å². The molecule has 0 fully saturated rings. The fourth-order valence-electron chi connectivity index (χ4n) is 4.05. The van der Waals surface area contributed by atoms with E-state index in [1.54, 1.807) is 23.1 Å². The van der Waals surface area contributed by atoms with Gasteiger partial charge >= 0.3 is 0 Å². The number of carbonyl (C=O) groups is 2. The van der Waals surface area contributed by atoms with Gasteiger partial charge in [-0.2, -0.15) is 0 Å². The summed E-state index contributed by atoms with van der Waals surface area (Å²) in [5, 5.41) is 3.79. The van der Waals surface area contributed by atoms with E-state index in [1.165, 1.54) is 5.56 Å². The van der Waals surface area contributed by atoms with Crippen LogP contribution in [-0.4, -0.2) is 35.4 Å². The number of amides is 2. The molecule has 0 aromatic heterocycles. The highest BCUT2D eigenvalue weighted by Crippen LogP contribution is 2.26. The van der Waals surface area contributed by atoms with E-state index in [2.05, 4.69) is 26.1 Å². The summed E-state index contributed by atoms with van der Waals surface area (Å²) in [6, 6.07) is 21.8. The van der Waals surface area contributed by atoms with Crippen molar-refractivity contribution in [3.8, 4) is 5.75 Å². The first kappa shape index (κ1) is 29.5. The molecule has 1 N–H and O–H groups in total. The van der Waals surface area contributed by atoms with Gasteiger partial charge in [0.15, 0.2) is 6.61 Å². The summed E-state index contributed by atoms with van der Waals surface area (Å²) in [6.45, 7) is 10.2. The lowest BCUT2D eigenvalue weighted by Crippen LogP contribution is -2.52. The second-order valence-corrected chi connectivity index (χ2v) is 11.5. The molecule has 1 atom stereocenters. The lowest BCUT2D eigenvalue weighted by Gasteiger charge is -2.32. The number of benzene rings is 3. The molecule has 0 aliphatic rings. The molecule has 0 spiro atoms. The van der Waals surface area contributed by atoms with E-state index in [0.717, 1.165) is 11.1 Å². The summed E-state index contributed by atoms with van der Waals surface area (Å²) in [6.07, 6.45) is 0.354. The molecule has 0 bridgehead atoms. The van der Waals surface area contributed by atoms with Crippen molar-refractivity contribution in [2.45, 2.75) is 65.1 Å². The number of hydrogen-bond acceptors (Lipinski definition) is 3. The number of hydrogen-bond donors (Lipinski definition) is 1. The van der Waals surface area contributed by atoms with Crippen LogP contribution in [0.4, 0.5) is 0 Å². The summed E-state index contributed by atoms with van der Waals surface area (Å²) in [5.41, 5.74) is 2.89. The van der Waals surface area contributed by atoms with Gasteiger partial charge in [0, 0.05) is 19.0 Å². The predicted molar refractivity (Wildman–Crippen MR) is 155 cm³/mol. The molecule has 0 saturated heterocycles. The van der Waals surface area contributed by atoms with Gasteiger partial charge in [-0.25, -0.2) is 0 Å². The van der Waals surface area contributed by atoms with Crippen molar-refractivity contribution in [3.05, 3.63) is 99.5 Å². The summed E-state index contributed by atoms with van der Waals surface area (Å²) in [7, 11) is 0. The summed E-state index contributed by atoms with van der Waals surface area (Å²) in [4.78, 5) is 28.7. The Hall–Kier alpha value is -3.02. The highest BCUT2D eigenvalue weighted by Gasteiger charge is 2.31. The van der Waals surface area contributed by atoms with Crippen molar-refractivity contribution in [1.29, 1.82) is 0 Å². The lowest BCUT2D eigenvalue weighted by atomic mass is 9.87. The van der Waals surface area contributed by atoms with Crippen molar-refractivity contribution < 1.29 is 14.3 Å². The minimum absolute atomic E-state index is 0.0133. The van der Waals surface area contributed by atoms with E-state index in [1.807, 2.05) is 68.4 Å². The summed E-state index contributed by atoms with van der Waals surface area (Å²) in [5.74, 6) is 0.0506. The Kier molecular flexibility index (Phi) is 10.2. The normalized spacial score (nSPS) is 12.2. The zero-order chi connectivity index (χ0) is 27.9. The van der Waals surface area contributed by atoms with E-state index in [4.69, 9.17) is 27.9 Å². The molecule has 0 heterocycles. The third kappa shape index (κ3) is 8.50. The molecule has 0 aliphatic carbocycles. The molecule has 2 amide bonds. The largest absolute Gasteiger partial charge is 0.484 e. The minimum Gasteiger partial charge on any atom is -0.484 e. The molecule has 3 rings (SSSR count). The first-order valence-electron chi connectivity index (χ1n) is 12.7. The van der Waals surface area contributed by atoms with Gasteiger partial charge in [-0.05, 0) is 60.2 Å². The van der Waals surface area contributed by atoms with E-state index in [9.17, 15) is 9.59 Å². The van der Waals surface area contributed by atoms with Crippen LogP contribution in [-0.2, 0) is 28.0 Å². The quantitative estimate of drug-likeness (QED) is 0.298. The van der Waals surface area contributed by atoms with Crippen LogP contribution >= 0.6 is 23.2 Å². The van der Waals surface area contributed by atoms with Gasteiger partial charge in [0.1, 0.15) is 11.8 Å². The van der Waals surface area contributed by atoms with Gasteiger partial charge in [0.2, 0.25) is 5.91 Å². The number of rotatable bonds is 10. The highest BCUT2D eigenvalue weighted by molar-refractivity contribution is 6.42. The van der Waals surface area contributed by atoms with Gasteiger partial charge in [0.25, 0.3) is 5.91 Å².